The number of anilines is 1. The summed E-state index contributed by atoms with van der Waals surface area (Å²) in [6.45, 7) is 6.58. The molecule has 0 spiro atoms. The second-order valence-electron chi connectivity index (χ2n) is 7.20. The van der Waals surface area contributed by atoms with E-state index in [1.807, 2.05) is 19.3 Å². The van der Waals surface area contributed by atoms with Crippen molar-refractivity contribution in [2.45, 2.75) is 38.1 Å². The Kier molecular flexibility index (Phi) is 5.13. The maximum atomic E-state index is 12.6. The first-order valence-electron chi connectivity index (χ1n) is 9.46. The van der Waals surface area contributed by atoms with Gasteiger partial charge in [0.1, 0.15) is 6.04 Å². The monoisotopic (exact) mass is 397 g/mol. The highest BCUT2D eigenvalue weighted by atomic mass is 32.1. The topological polar surface area (TPSA) is 80.1 Å². The Morgan fingerprint density at radius 3 is 2.96 bits per heavy atom. The lowest BCUT2D eigenvalue weighted by atomic mass is 10.0. The summed E-state index contributed by atoms with van der Waals surface area (Å²) >= 11 is 1.55. The minimum Gasteiger partial charge on any atom is -0.335 e. The molecule has 1 N–H and O–H groups in total. The zero-order chi connectivity index (χ0) is 19.7. The summed E-state index contributed by atoms with van der Waals surface area (Å²) in [4.78, 5) is 31.8. The average Bonchev–Trinajstić information content (AvgIpc) is 3.26. The molecule has 2 aromatic heterocycles. The van der Waals surface area contributed by atoms with Crippen LogP contribution in [0.5, 0.6) is 0 Å². The van der Waals surface area contributed by atoms with Gasteiger partial charge in [-0.15, -0.1) is 11.3 Å². The Bertz CT molecular complexity index is 940. The van der Waals surface area contributed by atoms with Crippen LogP contribution in [0.2, 0.25) is 0 Å². The molecule has 0 bridgehead atoms. The minimum absolute atomic E-state index is 0.0697. The number of rotatable bonds is 6. The lowest BCUT2D eigenvalue weighted by Gasteiger charge is -2.26. The summed E-state index contributed by atoms with van der Waals surface area (Å²) < 4.78 is 1.65. The van der Waals surface area contributed by atoms with Gasteiger partial charge in [0.05, 0.1) is 6.20 Å². The molecule has 8 heteroatoms. The summed E-state index contributed by atoms with van der Waals surface area (Å²) in [5, 5.41) is 7.89. The van der Waals surface area contributed by atoms with E-state index in [0.29, 0.717) is 24.1 Å². The van der Waals surface area contributed by atoms with Crippen LogP contribution in [0.1, 0.15) is 48.6 Å². The molecule has 2 aromatic rings. The summed E-state index contributed by atoms with van der Waals surface area (Å²) in [5.41, 5.74) is 1.96. The molecule has 3 heterocycles. The van der Waals surface area contributed by atoms with Gasteiger partial charge in [0.2, 0.25) is 5.91 Å². The number of nitrogens with one attached hydrogen (secondary N) is 1. The Hall–Kier alpha value is -2.74. The first-order chi connectivity index (χ1) is 13.5. The molecule has 2 amide bonds. The molecule has 1 unspecified atom stereocenters. The van der Waals surface area contributed by atoms with Crippen LogP contribution < -0.4 is 5.32 Å². The van der Waals surface area contributed by atoms with Crippen molar-refractivity contribution < 1.29 is 9.59 Å². The van der Waals surface area contributed by atoms with Crippen molar-refractivity contribution in [1.82, 2.24) is 19.7 Å². The van der Waals surface area contributed by atoms with E-state index in [1.165, 1.54) is 23.8 Å². The third-order valence-corrected chi connectivity index (χ3v) is 6.19. The number of carbonyl (C=O) groups excluding carboxylic acids is 2. The molecule has 0 aromatic carbocycles. The lowest BCUT2D eigenvalue weighted by Crippen LogP contribution is -2.34. The van der Waals surface area contributed by atoms with Crippen LogP contribution in [0, 0.1) is 0 Å². The maximum Gasteiger partial charge on any atom is 0.250 e. The van der Waals surface area contributed by atoms with Gasteiger partial charge in [-0.3, -0.25) is 14.3 Å². The van der Waals surface area contributed by atoms with Crippen LogP contribution in [-0.4, -0.2) is 44.6 Å². The van der Waals surface area contributed by atoms with Crippen LogP contribution in [0.25, 0.3) is 5.57 Å². The van der Waals surface area contributed by atoms with E-state index in [1.54, 1.807) is 27.1 Å². The van der Waals surface area contributed by atoms with Gasteiger partial charge in [-0.25, -0.2) is 4.98 Å². The maximum absolute atomic E-state index is 12.6. The van der Waals surface area contributed by atoms with E-state index in [4.69, 9.17) is 0 Å². The molecule has 1 aliphatic heterocycles. The van der Waals surface area contributed by atoms with Crippen molar-refractivity contribution in [3.8, 4) is 0 Å². The number of hydrogen-bond donors (Lipinski definition) is 1. The molecular weight excluding hydrogens is 374 g/mol. The summed E-state index contributed by atoms with van der Waals surface area (Å²) in [7, 11) is 0. The van der Waals surface area contributed by atoms with Crippen molar-refractivity contribution in [1.29, 1.82) is 0 Å². The van der Waals surface area contributed by atoms with Gasteiger partial charge < -0.3 is 10.2 Å². The van der Waals surface area contributed by atoms with E-state index < -0.39 is 6.04 Å². The summed E-state index contributed by atoms with van der Waals surface area (Å²) in [5.74, 6) is 0.415. The number of thiazole rings is 1. The van der Waals surface area contributed by atoms with Crippen LogP contribution in [-0.2, 0) is 9.59 Å². The van der Waals surface area contributed by atoms with Gasteiger partial charge in [0.25, 0.3) is 5.91 Å². The second-order valence-corrected chi connectivity index (χ2v) is 8.26. The molecule has 146 valence electrons. The largest absolute Gasteiger partial charge is 0.335 e. The Labute approximate surface area is 167 Å². The van der Waals surface area contributed by atoms with Crippen LogP contribution in [0.4, 0.5) is 5.13 Å². The molecule has 0 radical (unpaired) electrons. The fourth-order valence-electron chi connectivity index (χ4n) is 3.22. The van der Waals surface area contributed by atoms with Crippen LogP contribution in [0.3, 0.4) is 0 Å². The third kappa shape index (κ3) is 3.91. The Morgan fingerprint density at radius 2 is 2.21 bits per heavy atom. The fraction of sp³-hybridized carbons (Fsp3) is 0.400. The Balaban J connectivity index is 1.41. The predicted octanol–water partition coefficient (Wildman–Crippen LogP) is 3.22. The van der Waals surface area contributed by atoms with Crippen molar-refractivity contribution in [3.63, 3.8) is 0 Å². The molecule has 7 nitrogen and oxygen atoms in total. The highest BCUT2D eigenvalue weighted by Crippen LogP contribution is 2.43. The molecule has 28 heavy (non-hydrogen) atoms. The van der Waals surface area contributed by atoms with Crippen molar-refractivity contribution in [2.24, 2.45) is 0 Å². The number of nitrogens with zero attached hydrogens (tertiary/aromatic N) is 4. The minimum atomic E-state index is -0.461. The van der Waals surface area contributed by atoms with Gasteiger partial charge in [0, 0.05) is 35.9 Å². The molecule has 1 saturated carbocycles. The highest BCUT2D eigenvalue weighted by Gasteiger charge is 2.26. The number of aromatic nitrogens is 3. The quantitative estimate of drug-likeness (QED) is 0.759. The fourth-order valence-corrected chi connectivity index (χ4v) is 4.20. The van der Waals surface area contributed by atoms with Crippen molar-refractivity contribution >= 4 is 33.9 Å². The molecule has 1 aliphatic carbocycles. The number of amides is 2. The zero-order valence-electron chi connectivity index (χ0n) is 15.8. The van der Waals surface area contributed by atoms with E-state index in [2.05, 4.69) is 28.1 Å². The van der Waals surface area contributed by atoms with Gasteiger partial charge in [0.15, 0.2) is 5.13 Å². The van der Waals surface area contributed by atoms with Crippen LogP contribution >= 0.6 is 11.3 Å². The van der Waals surface area contributed by atoms with E-state index in [-0.39, 0.29) is 11.8 Å². The van der Waals surface area contributed by atoms with E-state index in [0.717, 1.165) is 17.6 Å². The number of hydrogen-bond acceptors (Lipinski definition) is 5. The smallest absolute Gasteiger partial charge is 0.250 e. The zero-order valence-corrected chi connectivity index (χ0v) is 16.6. The highest BCUT2D eigenvalue weighted by molar-refractivity contribution is 7.15. The molecule has 1 atom stereocenters. The van der Waals surface area contributed by atoms with Gasteiger partial charge in [-0.2, -0.15) is 5.10 Å². The standard InChI is InChI=1S/C20H23N5O2S/c1-3-18(26)24-8-4-5-15(11-24)16-9-22-25(12-16)13(2)19(27)23-20-21-10-17(28-20)14-6-7-14/h3,5,9-10,12-14H,1,4,6-8,11H2,2H3,(H,21,23,27). The number of carbonyl (C=O) groups is 2. The van der Waals surface area contributed by atoms with Crippen LogP contribution in [0.15, 0.2) is 37.3 Å². The Morgan fingerprint density at radius 1 is 1.39 bits per heavy atom. The van der Waals surface area contributed by atoms with E-state index >= 15 is 0 Å². The molecular formula is C20H23N5O2S. The van der Waals surface area contributed by atoms with Crippen molar-refractivity contribution in [3.05, 3.63) is 47.8 Å². The molecule has 4 rings (SSSR count). The van der Waals surface area contributed by atoms with Gasteiger partial charge >= 0.3 is 0 Å². The normalized spacial score (nSPS) is 17.8. The predicted molar refractivity (Wildman–Crippen MR) is 109 cm³/mol. The van der Waals surface area contributed by atoms with E-state index in [9.17, 15) is 9.59 Å². The first-order valence-corrected chi connectivity index (χ1v) is 10.3. The summed E-state index contributed by atoms with van der Waals surface area (Å²) in [6, 6.07) is -0.461. The van der Waals surface area contributed by atoms with Crippen molar-refractivity contribution in [2.75, 3.05) is 18.4 Å². The summed E-state index contributed by atoms with van der Waals surface area (Å²) in [6.07, 6.45) is 12.1. The first kappa shape index (κ1) is 18.6. The average molecular weight is 398 g/mol. The van der Waals surface area contributed by atoms with Gasteiger partial charge in [-0.1, -0.05) is 12.7 Å². The second kappa shape index (κ2) is 7.71. The molecule has 0 saturated heterocycles. The van der Waals surface area contributed by atoms with Gasteiger partial charge in [-0.05, 0) is 43.8 Å². The third-order valence-electron chi connectivity index (χ3n) is 5.12. The molecule has 2 aliphatic rings. The lowest BCUT2D eigenvalue weighted by molar-refractivity contribution is -0.125. The SMILES string of the molecule is C=CC(=O)N1CCC=C(c2cnn(C(C)C(=O)Nc3ncc(C4CC4)s3)c2)C1. The molecule has 1 fully saturated rings.